The molecule has 0 unspecified atom stereocenters. The average Bonchev–Trinajstić information content (AvgIpc) is 3.80. The van der Waals surface area contributed by atoms with Crippen molar-refractivity contribution in [3.05, 3.63) is 69.3 Å². The molecule has 8 bridgehead atoms. The molecule has 16 heteroatoms. The van der Waals surface area contributed by atoms with Crippen LogP contribution >= 0.6 is 23.5 Å². The van der Waals surface area contributed by atoms with E-state index in [1.807, 2.05) is 65.8 Å². The van der Waals surface area contributed by atoms with Crippen LogP contribution in [0.15, 0.2) is 24.3 Å². The lowest BCUT2D eigenvalue weighted by Gasteiger charge is -2.14. The fourth-order valence-corrected chi connectivity index (χ4v) is 9.31. The molecular formula is C40H48N6O8S2. The third kappa shape index (κ3) is 9.20. The molecule has 3 aromatic rings. The van der Waals surface area contributed by atoms with E-state index in [1.54, 1.807) is 0 Å². The van der Waals surface area contributed by atoms with Gasteiger partial charge < -0.3 is 41.9 Å². The number of aromatic amines is 2. The molecule has 0 saturated heterocycles. The van der Waals surface area contributed by atoms with Gasteiger partial charge in [-0.2, -0.15) is 23.5 Å². The summed E-state index contributed by atoms with van der Waals surface area (Å²) in [5.41, 5.74) is 24.0. The summed E-state index contributed by atoms with van der Waals surface area (Å²) in [6.07, 6.45) is 0.196. The first-order chi connectivity index (χ1) is 26.4. The molecule has 56 heavy (non-hydrogen) atoms. The highest BCUT2D eigenvalue weighted by molar-refractivity contribution is 7.99. The molecule has 0 fully saturated rings. The summed E-state index contributed by atoms with van der Waals surface area (Å²) in [5, 5.41) is 37.8. The number of carbonyl (C=O) groups is 4. The summed E-state index contributed by atoms with van der Waals surface area (Å²) in [7, 11) is 0. The Balaban J connectivity index is 1.88. The van der Waals surface area contributed by atoms with Crippen molar-refractivity contribution in [1.29, 1.82) is 0 Å². The maximum atomic E-state index is 11.8. The second kappa shape index (κ2) is 17.5. The number of aromatic nitrogens is 4. The number of hydrogen-bond acceptors (Lipinski definition) is 10. The first-order valence-electron chi connectivity index (χ1n) is 18.2. The van der Waals surface area contributed by atoms with E-state index in [2.05, 4.69) is 9.97 Å². The van der Waals surface area contributed by atoms with Crippen LogP contribution in [0.5, 0.6) is 0 Å². The van der Waals surface area contributed by atoms with Gasteiger partial charge in [0.15, 0.2) is 0 Å². The minimum Gasteiger partial charge on any atom is -0.481 e. The molecule has 3 aromatic heterocycles. The van der Waals surface area contributed by atoms with E-state index >= 15 is 0 Å². The van der Waals surface area contributed by atoms with Gasteiger partial charge in [-0.15, -0.1) is 0 Å². The van der Waals surface area contributed by atoms with Crippen LogP contribution in [0.25, 0.3) is 44.4 Å². The van der Waals surface area contributed by atoms with E-state index in [-0.39, 0.29) is 47.7 Å². The summed E-state index contributed by atoms with van der Waals surface area (Å²) in [6.45, 7) is 11.8. The molecule has 0 amide bonds. The van der Waals surface area contributed by atoms with Crippen LogP contribution in [-0.2, 0) is 19.2 Å². The number of aryl methyl sites for hydroxylation is 2. The van der Waals surface area contributed by atoms with Gasteiger partial charge in [0.2, 0.25) is 0 Å². The highest BCUT2D eigenvalue weighted by Crippen LogP contribution is 2.41. The lowest BCUT2D eigenvalue weighted by atomic mass is 9.98. The number of aliphatic carboxylic acids is 4. The fraction of sp³-hybridized carbons (Fsp3) is 0.400. The van der Waals surface area contributed by atoms with Crippen LogP contribution in [0.3, 0.4) is 0 Å². The maximum absolute atomic E-state index is 11.8. The topological polar surface area (TPSA) is 259 Å². The van der Waals surface area contributed by atoms with Gasteiger partial charge in [-0.25, -0.2) is 9.97 Å². The Morgan fingerprint density at radius 1 is 0.607 bits per heavy atom. The number of thioether (sulfide) groups is 2. The zero-order chi connectivity index (χ0) is 41.2. The highest BCUT2D eigenvalue weighted by Gasteiger charge is 2.25. The number of allylic oxidation sites excluding steroid dienone is 4. The Morgan fingerprint density at radius 3 is 1.38 bits per heavy atom. The Morgan fingerprint density at radius 2 is 0.982 bits per heavy atom. The molecule has 0 aliphatic carbocycles. The van der Waals surface area contributed by atoms with Crippen LogP contribution in [0.2, 0.25) is 0 Å². The minimum atomic E-state index is -1.09. The number of hydrogen-bond donors (Lipinski definition) is 8. The molecule has 4 atom stereocenters. The predicted octanol–water partition coefficient (Wildman–Crippen LogP) is 6.93. The van der Waals surface area contributed by atoms with Gasteiger partial charge in [-0.3, -0.25) is 19.2 Å². The molecule has 2 aliphatic rings. The van der Waals surface area contributed by atoms with Gasteiger partial charge in [0.05, 0.1) is 22.8 Å². The van der Waals surface area contributed by atoms with Gasteiger partial charge in [0.25, 0.3) is 0 Å². The summed E-state index contributed by atoms with van der Waals surface area (Å²) in [5.74, 6) is -3.70. The van der Waals surface area contributed by atoms with Crippen molar-refractivity contribution in [2.45, 2.75) is 89.8 Å². The van der Waals surface area contributed by atoms with Gasteiger partial charge >= 0.3 is 23.9 Å². The van der Waals surface area contributed by atoms with Crippen LogP contribution in [0, 0.1) is 13.8 Å². The van der Waals surface area contributed by atoms with Crippen molar-refractivity contribution in [2.24, 2.45) is 11.5 Å². The summed E-state index contributed by atoms with van der Waals surface area (Å²) in [4.78, 5) is 63.9. The third-order valence-electron chi connectivity index (χ3n) is 10.3. The van der Waals surface area contributed by atoms with Crippen LogP contribution in [0.1, 0.15) is 109 Å². The molecule has 0 aromatic carbocycles. The molecule has 2 aliphatic heterocycles. The summed E-state index contributed by atoms with van der Waals surface area (Å²) < 4.78 is 0. The van der Waals surface area contributed by atoms with E-state index in [0.29, 0.717) is 22.8 Å². The fourth-order valence-electron chi connectivity index (χ4n) is 7.09. The molecular weight excluding hydrogens is 757 g/mol. The third-order valence-corrected chi connectivity index (χ3v) is 12.9. The van der Waals surface area contributed by atoms with E-state index in [4.69, 9.17) is 21.4 Å². The van der Waals surface area contributed by atoms with Crippen molar-refractivity contribution in [3.63, 3.8) is 0 Å². The Kier molecular flexibility index (Phi) is 13.2. The number of nitrogens with zero attached hydrogens (tertiary/aromatic N) is 2. The molecule has 298 valence electrons. The number of nitrogens with one attached hydrogen (secondary N) is 2. The molecule has 14 nitrogen and oxygen atoms in total. The van der Waals surface area contributed by atoms with Gasteiger partial charge in [-0.1, -0.05) is 0 Å². The quantitative estimate of drug-likeness (QED) is 0.0730. The number of carboxylic acid groups (broad SMARTS) is 4. The van der Waals surface area contributed by atoms with Crippen molar-refractivity contribution < 1.29 is 39.6 Å². The van der Waals surface area contributed by atoms with E-state index in [0.717, 1.165) is 66.6 Å². The zero-order valence-electron chi connectivity index (χ0n) is 32.1. The normalized spacial score (nSPS) is 15.1. The molecule has 5 rings (SSSR count). The maximum Gasteiger partial charge on any atom is 0.321 e. The van der Waals surface area contributed by atoms with Crippen LogP contribution in [-0.4, -0.2) is 87.8 Å². The number of nitrogens with two attached hydrogens (primary N) is 2. The lowest BCUT2D eigenvalue weighted by Crippen LogP contribution is -2.32. The number of carboxylic acids is 4. The largest absolute Gasteiger partial charge is 0.481 e. The van der Waals surface area contributed by atoms with Crippen LogP contribution in [0.4, 0.5) is 0 Å². The minimum absolute atomic E-state index is 0.117. The van der Waals surface area contributed by atoms with Crippen molar-refractivity contribution in [2.75, 3.05) is 11.5 Å². The molecule has 0 spiro atoms. The Bertz CT molecular complexity index is 2330. The van der Waals surface area contributed by atoms with Crippen molar-refractivity contribution in [3.8, 4) is 0 Å². The smallest absolute Gasteiger partial charge is 0.321 e. The number of fused-ring (bicyclic) bond motifs is 8. The van der Waals surface area contributed by atoms with Crippen molar-refractivity contribution >= 4 is 91.8 Å². The highest BCUT2D eigenvalue weighted by atomic mass is 32.2. The Hall–Kier alpha value is -4.90. The summed E-state index contributed by atoms with van der Waals surface area (Å²) >= 11 is 2.85. The van der Waals surface area contributed by atoms with E-state index in [9.17, 15) is 39.6 Å². The zero-order valence-corrected chi connectivity index (χ0v) is 33.8. The van der Waals surface area contributed by atoms with Crippen molar-refractivity contribution in [1.82, 2.24) is 19.9 Å². The SMILES string of the molecule is CC1=C(CCC(=O)O)c2cc3nc(cc4[nH]c(cc5[nH]c(cc1n2)c(C)c5[C@H](C)SC[C@H](N)C(=O)O)c(C)c4[C@H](C)SC[C@H](N)C(=O)O)C(C)=C3CCC(=O)O. The monoisotopic (exact) mass is 804 g/mol. The molecule has 0 radical (unpaired) electrons. The summed E-state index contributed by atoms with van der Waals surface area (Å²) in [6, 6.07) is 5.57. The first-order valence-corrected chi connectivity index (χ1v) is 20.3. The standard InChI is InChI=1S/C40H48N6O8S2/c1-17-23(7-9-35(47)48)31-14-32-24(8-10-36(49)50)18(2)28(44-32)12-33-38(22(6)56-16-26(42)40(53)54)20(4)30(46-33)13-34-37(21(5)55-15-25(41)39(51)52)19(3)29(45-34)11-27(17)43-31/h11-14,21-22,25-26,45-46H,7-10,15-16,41-42H2,1-6H3,(H,47,48)(H,49,50)(H,51,52)(H,53,54)/t21-,22-,25-,26-/m0/s1. The Labute approximate surface area is 332 Å². The van der Waals surface area contributed by atoms with E-state index < -0.39 is 36.0 Å². The predicted molar refractivity (Wildman–Crippen MR) is 222 cm³/mol. The second-order valence-electron chi connectivity index (χ2n) is 14.2. The van der Waals surface area contributed by atoms with Gasteiger partial charge in [0, 0.05) is 56.9 Å². The lowest BCUT2D eigenvalue weighted by molar-refractivity contribution is -0.138. The average molecular weight is 805 g/mol. The number of rotatable bonds is 16. The molecule has 0 saturated carbocycles. The van der Waals surface area contributed by atoms with Crippen LogP contribution < -0.4 is 11.5 Å². The van der Waals surface area contributed by atoms with E-state index in [1.165, 1.54) is 23.5 Å². The van der Waals surface area contributed by atoms with Gasteiger partial charge in [-0.05, 0) is 123 Å². The second-order valence-corrected chi connectivity index (χ2v) is 16.9. The molecule has 5 heterocycles. The first kappa shape index (κ1) is 42.2. The van der Waals surface area contributed by atoms with Gasteiger partial charge in [0.1, 0.15) is 12.1 Å². The molecule has 10 N–H and O–H groups in total. The number of H-pyrrole nitrogens is 2.